The second-order valence-electron chi connectivity index (χ2n) is 4.73. The SMILES string of the molecule is CCC(=O)c1ccc(OC)c(OC)c1OCc1ccccc1. The van der Waals surface area contributed by atoms with Crippen LogP contribution in [0.25, 0.3) is 0 Å². The van der Waals surface area contributed by atoms with Crippen molar-refractivity contribution in [2.45, 2.75) is 20.0 Å². The molecule has 0 saturated heterocycles. The normalized spacial score (nSPS) is 10.1. The molecule has 22 heavy (non-hydrogen) atoms. The fraction of sp³-hybridized carbons (Fsp3) is 0.278. The number of methoxy groups -OCH3 is 2. The molecule has 0 saturated carbocycles. The lowest BCUT2D eigenvalue weighted by atomic mass is 10.1. The average molecular weight is 300 g/mol. The van der Waals surface area contributed by atoms with E-state index in [1.54, 1.807) is 19.2 Å². The maximum Gasteiger partial charge on any atom is 0.204 e. The zero-order chi connectivity index (χ0) is 15.9. The first-order valence-corrected chi connectivity index (χ1v) is 7.16. The topological polar surface area (TPSA) is 44.8 Å². The van der Waals surface area contributed by atoms with Crippen molar-refractivity contribution in [1.82, 2.24) is 0 Å². The van der Waals surface area contributed by atoms with Gasteiger partial charge in [-0.2, -0.15) is 0 Å². The van der Waals surface area contributed by atoms with Crippen molar-refractivity contribution in [2.24, 2.45) is 0 Å². The molecule has 4 nitrogen and oxygen atoms in total. The van der Waals surface area contributed by atoms with Crippen LogP contribution in [0.2, 0.25) is 0 Å². The number of hydrogen-bond donors (Lipinski definition) is 0. The van der Waals surface area contributed by atoms with E-state index in [0.717, 1.165) is 5.56 Å². The van der Waals surface area contributed by atoms with Gasteiger partial charge in [0, 0.05) is 6.42 Å². The molecule has 2 aromatic rings. The molecule has 0 bridgehead atoms. The Hall–Kier alpha value is -2.49. The van der Waals surface area contributed by atoms with Crippen LogP contribution in [0.5, 0.6) is 17.2 Å². The standard InChI is InChI=1S/C18H20O4/c1-4-15(19)14-10-11-16(20-2)18(21-3)17(14)22-12-13-8-6-5-7-9-13/h5-11H,4,12H2,1-3H3. The fourth-order valence-electron chi connectivity index (χ4n) is 2.18. The van der Waals surface area contributed by atoms with Crippen LogP contribution in [0.15, 0.2) is 42.5 Å². The summed E-state index contributed by atoms with van der Waals surface area (Å²) >= 11 is 0. The molecule has 0 aliphatic heterocycles. The second-order valence-corrected chi connectivity index (χ2v) is 4.73. The fourth-order valence-corrected chi connectivity index (χ4v) is 2.18. The van der Waals surface area contributed by atoms with Crippen molar-refractivity contribution in [2.75, 3.05) is 14.2 Å². The molecule has 116 valence electrons. The maximum atomic E-state index is 12.1. The summed E-state index contributed by atoms with van der Waals surface area (Å²) in [4.78, 5) is 12.1. The zero-order valence-electron chi connectivity index (χ0n) is 13.1. The minimum absolute atomic E-state index is 0.00372. The molecule has 2 aromatic carbocycles. The highest BCUT2D eigenvalue weighted by molar-refractivity contribution is 5.99. The van der Waals surface area contributed by atoms with Crippen LogP contribution in [0, 0.1) is 0 Å². The number of rotatable bonds is 7. The Morgan fingerprint density at radius 3 is 2.27 bits per heavy atom. The molecule has 0 aliphatic carbocycles. The van der Waals surface area contributed by atoms with Gasteiger partial charge in [0.2, 0.25) is 5.75 Å². The zero-order valence-corrected chi connectivity index (χ0v) is 13.1. The van der Waals surface area contributed by atoms with E-state index < -0.39 is 0 Å². The summed E-state index contributed by atoms with van der Waals surface area (Å²) in [6, 6.07) is 13.2. The molecule has 0 aromatic heterocycles. The summed E-state index contributed by atoms with van der Waals surface area (Å²) in [5.41, 5.74) is 1.53. The van der Waals surface area contributed by atoms with Gasteiger partial charge >= 0.3 is 0 Å². The molecular formula is C18H20O4. The van der Waals surface area contributed by atoms with Crippen LogP contribution in [0.4, 0.5) is 0 Å². The maximum absolute atomic E-state index is 12.1. The molecule has 4 heteroatoms. The number of benzene rings is 2. The molecule has 0 spiro atoms. The molecular weight excluding hydrogens is 280 g/mol. The Balaban J connectivity index is 2.38. The van der Waals surface area contributed by atoms with Crippen molar-refractivity contribution in [3.05, 3.63) is 53.6 Å². The van der Waals surface area contributed by atoms with Gasteiger partial charge in [0.25, 0.3) is 0 Å². The number of carbonyl (C=O) groups is 1. The van der Waals surface area contributed by atoms with Crippen LogP contribution >= 0.6 is 0 Å². The summed E-state index contributed by atoms with van der Waals surface area (Å²) in [5.74, 6) is 1.41. The van der Waals surface area contributed by atoms with E-state index in [1.165, 1.54) is 7.11 Å². The van der Waals surface area contributed by atoms with Crippen molar-refractivity contribution < 1.29 is 19.0 Å². The Bertz CT molecular complexity index is 635. The van der Waals surface area contributed by atoms with Gasteiger partial charge in [0.15, 0.2) is 17.3 Å². The summed E-state index contributed by atoms with van der Waals surface area (Å²) in [5, 5.41) is 0. The molecule has 0 radical (unpaired) electrons. The highest BCUT2D eigenvalue weighted by Gasteiger charge is 2.20. The molecule has 0 unspecified atom stereocenters. The Labute approximate surface area is 130 Å². The van der Waals surface area contributed by atoms with Crippen molar-refractivity contribution >= 4 is 5.78 Å². The van der Waals surface area contributed by atoms with Crippen LogP contribution < -0.4 is 14.2 Å². The Morgan fingerprint density at radius 2 is 1.68 bits per heavy atom. The van der Waals surface area contributed by atoms with Gasteiger partial charge in [0.1, 0.15) is 6.61 Å². The Kier molecular flexibility index (Phi) is 5.42. The van der Waals surface area contributed by atoms with E-state index in [0.29, 0.717) is 35.8 Å². The molecule has 0 aliphatic rings. The number of Topliss-reactive ketones (excluding diaryl/α,β-unsaturated/α-hetero) is 1. The quantitative estimate of drug-likeness (QED) is 0.728. The van der Waals surface area contributed by atoms with E-state index in [4.69, 9.17) is 14.2 Å². The third-order valence-corrected chi connectivity index (χ3v) is 3.35. The third-order valence-electron chi connectivity index (χ3n) is 3.35. The molecule has 2 rings (SSSR count). The van der Waals surface area contributed by atoms with E-state index in [-0.39, 0.29) is 5.78 Å². The van der Waals surface area contributed by atoms with Crippen LogP contribution in [-0.2, 0) is 6.61 Å². The van der Waals surface area contributed by atoms with Crippen LogP contribution in [0.1, 0.15) is 29.3 Å². The van der Waals surface area contributed by atoms with E-state index in [1.807, 2.05) is 37.3 Å². The number of ether oxygens (including phenoxy) is 3. The average Bonchev–Trinajstić information content (AvgIpc) is 2.59. The largest absolute Gasteiger partial charge is 0.493 e. The highest BCUT2D eigenvalue weighted by Crippen LogP contribution is 2.40. The summed E-state index contributed by atoms with van der Waals surface area (Å²) in [6.45, 7) is 2.17. The van der Waals surface area contributed by atoms with Crippen molar-refractivity contribution in [3.8, 4) is 17.2 Å². The second kappa shape index (κ2) is 7.50. The third kappa shape index (κ3) is 3.39. The van der Waals surface area contributed by atoms with Gasteiger partial charge in [-0.3, -0.25) is 4.79 Å². The first-order valence-electron chi connectivity index (χ1n) is 7.16. The number of ketones is 1. The van der Waals surface area contributed by atoms with Crippen molar-refractivity contribution in [1.29, 1.82) is 0 Å². The van der Waals surface area contributed by atoms with Gasteiger partial charge in [-0.05, 0) is 17.7 Å². The molecule has 0 N–H and O–H groups in total. The Morgan fingerprint density at radius 1 is 0.955 bits per heavy atom. The number of carbonyl (C=O) groups excluding carboxylic acids is 1. The molecule has 0 heterocycles. The highest BCUT2D eigenvalue weighted by atomic mass is 16.5. The van der Waals surface area contributed by atoms with Crippen LogP contribution in [0.3, 0.4) is 0 Å². The summed E-state index contributed by atoms with van der Waals surface area (Å²) in [6.07, 6.45) is 0.400. The lowest BCUT2D eigenvalue weighted by Crippen LogP contribution is -2.06. The van der Waals surface area contributed by atoms with Crippen molar-refractivity contribution in [3.63, 3.8) is 0 Å². The van der Waals surface area contributed by atoms with Gasteiger partial charge < -0.3 is 14.2 Å². The van der Waals surface area contributed by atoms with E-state index in [2.05, 4.69) is 0 Å². The minimum atomic E-state index is 0.00372. The predicted molar refractivity (Wildman–Crippen MR) is 84.9 cm³/mol. The summed E-state index contributed by atoms with van der Waals surface area (Å²) < 4.78 is 16.6. The lowest BCUT2D eigenvalue weighted by molar-refractivity contribution is 0.0982. The monoisotopic (exact) mass is 300 g/mol. The summed E-state index contributed by atoms with van der Waals surface area (Å²) in [7, 11) is 3.09. The lowest BCUT2D eigenvalue weighted by Gasteiger charge is -2.17. The minimum Gasteiger partial charge on any atom is -0.493 e. The molecule has 0 amide bonds. The molecule has 0 fully saturated rings. The van der Waals surface area contributed by atoms with E-state index in [9.17, 15) is 4.79 Å². The number of hydrogen-bond acceptors (Lipinski definition) is 4. The molecule has 0 atom stereocenters. The van der Waals surface area contributed by atoms with Crippen LogP contribution in [-0.4, -0.2) is 20.0 Å². The van der Waals surface area contributed by atoms with E-state index >= 15 is 0 Å². The first kappa shape index (κ1) is 15.9. The van der Waals surface area contributed by atoms with Gasteiger partial charge in [-0.15, -0.1) is 0 Å². The van der Waals surface area contributed by atoms with Gasteiger partial charge in [-0.25, -0.2) is 0 Å². The predicted octanol–water partition coefficient (Wildman–Crippen LogP) is 3.88. The van der Waals surface area contributed by atoms with Gasteiger partial charge in [0.05, 0.1) is 19.8 Å². The van der Waals surface area contributed by atoms with Gasteiger partial charge in [-0.1, -0.05) is 37.3 Å². The smallest absolute Gasteiger partial charge is 0.204 e. The first-order chi connectivity index (χ1) is 10.7.